The second-order valence-electron chi connectivity index (χ2n) is 6.99. The summed E-state index contributed by atoms with van der Waals surface area (Å²) in [5.41, 5.74) is 4.38. The van der Waals surface area contributed by atoms with Crippen molar-refractivity contribution < 1.29 is 9.21 Å². The van der Waals surface area contributed by atoms with E-state index in [-0.39, 0.29) is 5.91 Å². The number of aryl methyl sites for hydroxylation is 2. The summed E-state index contributed by atoms with van der Waals surface area (Å²) in [4.78, 5) is 21.7. The molecule has 0 aliphatic heterocycles. The largest absolute Gasteiger partial charge is 0.431 e. The zero-order valence-corrected chi connectivity index (χ0v) is 18.4. The summed E-state index contributed by atoms with van der Waals surface area (Å²) >= 11 is 3.20. The first kappa shape index (κ1) is 20.6. The van der Waals surface area contributed by atoms with Gasteiger partial charge in [-0.2, -0.15) is 0 Å². The third-order valence-electron chi connectivity index (χ3n) is 4.66. The molecule has 0 saturated heterocycles. The highest BCUT2D eigenvalue weighted by molar-refractivity contribution is 7.98. The number of hydrogen-bond donors (Lipinski definition) is 1. The number of unbranched alkanes of at least 4 members (excludes halogenated alkanes) is 1. The fourth-order valence-electron chi connectivity index (χ4n) is 3.14. The molecule has 0 spiro atoms. The lowest BCUT2D eigenvalue weighted by Crippen LogP contribution is -2.25. The number of amides is 1. The number of carbonyl (C=O) groups is 1. The van der Waals surface area contributed by atoms with Crippen LogP contribution in [0.4, 0.5) is 0 Å². The van der Waals surface area contributed by atoms with Gasteiger partial charge in [-0.25, -0.2) is 9.97 Å². The molecule has 30 heavy (non-hydrogen) atoms. The van der Waals surface area contributed by atoms with E-state index in [0.29, 0.717) is 23.1 Å². The van der Waals surface area contributed by atoms with Crippen LogP contribution >= 0.6 is 23.1 Å². The van der Waals surface area contributed by atoms with Crippen molar-refractivity contribution in [2.75, 3.05) is 6.54 Å². The van der Waals surface area contributed by atoms with Crippen molar-refractivity contribution in [2.24, 2.45) is 0 Å². The van der Waals surface area contributed by atoms with Gasteiger partial charge in [0, 0.05) is 28.9 Å². The van der Waals surface area contributed by atoms with Crippen LogP contribution < -0.4 is 5.32 Å². The first-order valence-corrected chi connectivity index (χ1v) is 11.8. The summed E-state index contributed by atoms with van der Waals surface area (Å²) in [6.45, 7) is 2.68. The Hall–Kier alpha value is -2.64. The fraction of sp³-hybridized carbons (Fsp3) is 0.261. The van der Waals surface area contributed by atoms with Crippen molar-refractivity contribution in [1.29, 1.82) is 0 Å². The van der Waals surface area contributed by atoms with Gasteiger partial charge in [-0.05, 0) is 49.9 Å². The maximum atomic E-state index is 12.7. The van der Waals surface area contributed by atoms with E-state index in [1.54, 1.807) is 11.3 Å². The number of hydrogen-bond acceptors (Lipinski definition) is 6. The number of para-hydroxylation sites is 2. The van der Waals surface area contributed by atoms with Crippen LogP contribution in [0.15, 0.2) is 63.6 Å². The number of nitrogens with zero attached hydrogens (tertiary/aromatic N) is 2. The van der Waals surface area contributed by atoms with E-state index < -0.39 is 0 Å². The van der Waals surface area contributed by atoms with E-state index in [0.717, 1.165) is 41.6 Å². The average molecular weight is 438 g/mol. The highest BCUT2D eigenvalue weighted by Crippen LogP contribution is 2.27. The van der Waals surface area contributed by atoms with Crippen LogP contribution in [0.25, 0.3) is 11.1 Å². The Labute approximate surface area is 183 Å². The topological polar surface area (TPSA) is 68.0 Å². The molecule has 2 aromatic carbocycles. The quantitative estimate of drug-likeness (QED) is 0.271. The van der Waals surface area contributed by atoms with Gasteiger partial charge in [0.15, 0.2) is 5.58 Å². The van der Waals surface area contributed by atoms with E-state index >= 15 is 0 Å². The monoisotopic (exact) mass is 437 g/mol. The number of nitrogens with one attached hydrogen (secondary N) is 1. The smallest absolute Gasteiger partial charge is 0.257 e. The van der Waals surface area contributed by atoms with Crippen molar-refractivity contribution in [3.63, 3.8) is 0 Å². The molecule has 0 aliphatic carbocycles. The van der Waals surface area contributed by atoms with Gasteiger partial charge in [0.05, 0.1) is 5.01 Å². The molecule has 154 valence electrons. The van der Waals surface area contributed by atoms with Crippen LogP contribution in [0.3, 0.4) is 0 Å². The zero-order chi connectivity index (χ0) is 20.8. The van der Waals surface area contributed by atoms with Gasteiger partial charge in [0.2, 0.25) is 0 Å². The summed E-state index contributed by atoms with van der Waals surface area (Å²) in [5.74, 6) is 0.591. The van der Waals surface area contributed by atoms with Crippen molar-refractivity contribution in [3.05, 3.63) is 75.7 Å². The van der Waals surface area contributed by atoms with Crippen LogP contribution in [0, 0.1) is 6.92 Å². The molecule has 4 aromatic rings. The summed E-state index contributed by atoms with van der Waals surface area (Å²) < 4.78 is 5.77. The SMILES string of the molecule is Cc1csc(CCCCNC(=O)c2ccccc2CSc2nc3ccccc3o2)n1. The number of aromatic nitrogens is 2. The second kappa shape index (κ2) is 9.91. The number of rotatable bonds is 9. The molecule has 1 N–H and O–H groups in total. The summed E-state index contributed by atoms with van der Waals surface area (Å²) in [5, 5.41) is 6.90. The van der Waals surface area contributed by atoms with E-state index in [1.807, 2.05) is 55.5 Å². The summed E-state index contributed by atoms with van der Waals surface area (Å²) in [6.07, 6.45) is 2.92. The lowest BCUT2D eigenvalue weighted by atomic mass is 10.1. The number of carbonyl (C=O) groups excluding carboxylic acids is 1. The molecule has 0 aliphatic rings. The van der Waals surface area contributed by atoms with Gasteiger partial charge in [0.25, 0.3) is 11.1 Å². The van der Waals surface area contributed by atoms with E-state index in [1.165, 1.54) is 16.8 Å². The normalized spacial score (nSPS) is 11.1. The number of benzene rings is 2. The molecule has 0 fully saturated rings. The van der Waals surface area contributed by atoms with Gasteiger partial charge in [-0.1, -0.05) is 42.1 Å². The maximum Gasteiger partial charge on any atom is 0.257 e. The highest BCUT2D eigenvalue weighted by atomic mass is 32.2. The summed E-state index contributed by atoms with van der Waals surface area (Å²) in [6, 6.07) is 15.4. The number of oxazole rings is 1. The number of thiazole rings is 1. The molecule has 4 rings (SSSR count). The van der Waals surface area contributed by atoms with Crippen molar-refractivity contribution >= 4 is 40.1 Å². The third-order valence-corrected chi connectivity index (χ3v) is 6.56. The maximum absolute atomic E-state index is 12.7. The molecule has 5 nitrogen and oxygen atoms in total. The van der Waals surface area contributed by atoms with Crippen LogP contribution in [0.2, 0.25) is 0 Å². The lowest BCUT2D eigenvalue weighted by molar-refractivity contribution is 0.0952. The van der Waals surface area contributed by atoms with Crippen molar-refractivity contribution in [3.8, 4) is 0 Å². The Balaban J connectivity index is 1.29. The molecule has 0 atom stereocenters. The lowest BCUT2D eigenvalue weighted by Gasteiger charge is -2.09. The standard InChI is InChI=1S/C23H23N3O2S2/c1-16-14-29-21(25-16)12-6-7-13-24-22(27)18-9-3-2-8-17(18)15-30-23-26-19-10-4-5-11-20(19)28-23/h2-5,8-11,14H,6-7,12-13,15H2,1H3,(H,24,27). The minimum Gasteiger partial charge on any atom is -0.431 e. The molecule has 7 heteroatoms. The molecule has 1 amide bonds. The van der Waals surface area contributed by atoms with Gasteiger partial charge in [0.1, 0.15) is 5.52 Å². The molecule has 2 heterocycles. The average Bonchev–Trinajstić information content (AvgIpc) is 3.37. The molecular formula is C23H23N3O2S2. The molecule has 0 bridgehead atoms. The van der Waals surface area contributed by atoms with E-state index in [4.69, 9.17) is 4.42 Å². The van der Waals surface area contributed by atoms with E-state index in [2.05, 4.69) is 20.7 Å². The summed E-state index contributed by atoms with van der Waals surface area (Å²) in [7, 11) is 0. The zero-order valence-electron chi connectivity index (χ0n) is 16.8. The predicted octanol–water partition coefficient (Wildman–Crippen LogP) is 5.64. The first-order valence-electron chi connectivity index (χ1n) is 9.94. The molecule has 0 unspecified atom stereocenters. The van der Waals surface area contributed by atoms with Gasteiger partial charge >= 0.3 is 0 Å². The van der Waals surface area contributed by atoms with Crippen LogP contribution in [0.1, 0.15) is 39.5 Å². The molecule has 2 aromatic heterocycles. The Bertz CT molecular complexity index is 1100. The molecule has 0 saturated carbocycles. The van der Waals surface area contributed by atoms with Crippen LogP contribution in [-0.2, 0) is 12.2 Å². The minimum absolute atomic E-state index is 0.0335. The van der Waals surface area contributed by atoms with E-state index in [9.17, 15) is 4.79 Å². The molecular weight excluding hydrogens is 414 g/mol. The number of fused-ring (bicyclic) bond motifs is 1. The van der Waals surface area contributed by atoms with Gasteiger partial charge in [-0.3, -0.25) is 4.79 Å². The van der Waals surface area contributed by atoms with Crippen LogP contribution in [0.5, 0.6) is 0 Å². The third kappa shape index (κ3) is 5.29. The Morgan fingerprint density at radius 3 is 2.77 bits per heavy atom. The predicted molar refractivity (Wildman–Crippen MR) is 122 cm³/mol. The highest BCUT2D eigenvalue weighted by Gasteiger charge is 2.13. The number of thioether (sulfide) groups is 1. The van der Waals surface area contributed by atoms with Crippen molar-refractivity contribution in [2.45, 2.75) is 37.2 Å². The molecule has 0 radical (unpaired) electrons. The first-order chi connectivity index (χ1) is 14.7. The van der Waals surface area contributed by atoms with Gasteiger partial charge < -0.3 is 9.73 Å². The Kier molecular flexibility index (Phi) is 6.81. The van der Waals surface area contributed by atoms with Gasteiger partial charge in [-0.15, -0.1) is 11.3 Å². The van der Waals surface area contributed by atoms with Crippen molar-refractivity contribution in [1.82, 2.24) is 15.3 Å². The Morgan fingerprint density at radius 1 is 1.10 bits per heavy atom. The van der Waals surface area contributed by atoms with Crippen LogP contribution in [-0.4, -0.2) is 22.4 Å². The Morgan fingerprint density at radius 2 is 1.93 bits per heavy atom. The second-order valence-corrected chi connectivity index (χ2v) is 8.86. The fourth-order valence-corrected chi connectivity index (χ4v) is 4.80. The minimum atomic E-state index is -0.0335.